The lowest BCUT2D eigenvalue weighted by molar-refractivity contribution is 0.737. The van der Waals surface area contributed by atoms with E-state index < -0.39 is 0 Å². The Morgan fingerprint density at radius 2 is 2.20 bits per heavy atom. The van der Waals surface area contributed by atoms with Crippen LogP contribution in [0.25, 0.3) is 0 Å². The first-order chi connectivity index (χ1) is 7.24. The Bertz CT molecular complexity index is 447. The van der Waals surface area contributed by atoms with E-state index >= 15 is 0 Å². The van der Waals surface area contributed by atoms with Crippen LogP contribution in [0.1, 0.15) is 11.3 Å². The van der Waals surface area contributed by atoms with Gasteiger partial charge in [-0.1, -0.05) is 0 Å². The third kappa shape index (κ3) is 2.56. The van der Waals surface area contributed by atoms with E-state index in [2.05, 4.69) is 10.1 Å². The molecule has 0 saturated heterocycles. The summed E-state index contributed by atoms with van der Waals surface area (Å²) in [6, 6.07) is 5.92. The van der Waals surface area contributed by atoms with Crippen LogP contribution >= 0.6 is 0 Å². The van der Waals surface area contributed by atoms with E-state index in [4.69, 9.17) is 5.73 Å². The number of rotatable bonds is 3. The highest BCUT2D eigenvalue weighted by molar-refractivity contribution is 5.32. The first kappa shape index (κ1) is 9.71. The molecule has 78 valence electrons. The molecule has 0 saturated carbocycles. The maximum Gasteiger partial charge on any atom is 0.123 e. The fourth-order valence-corrected chi connectivity index (χ4v) is 1.52. The summed E-state index contributed by atoms with van der Waals surface area (Å²) in [5.74, 6) is 0.577. The number of nitrogen functional groups attached to an aromatic ring is 1. The van der Waals surface area contributed by atoms with Crippen LogP contribution in [0.5, 0.6) is 0 Å². The molecule has 2 N–H and O–H groups in total. The summed E-state index contributed by atoms with van der Waals surface area (Å²) < 4.78 is 1.82. The van der Waals surface area contributed by atoms with Crippen molar-refractivity contribution in [3.63, 3.8) is 0 Å². The van der Waals surface area contributed by atoms with Crippen LogP contribution in [0.2, 0.25) is 0 Å². The molecule has 0 aliphatic rings. The van der Waals surface area contributed by atoms with Crippen molar-refractivity contribution in [2.45, 2.75) is 12.8 Å². The van der Waals surface area contributed by atoms with Crippen LogP contribution < -0.4 is 5.73 Å². The quantitative estimate of drug-likeness (QED) is 0.813. The smallest absolute Gasteiger partial charge is 0.123 e. The van der Waals surface area contributed by atoms with Crippen molar-refractivity contribution in [1.82, 2.24) is 14.8 Å². The summed E-state index contributed by atoms with van der Waals surface area (Å²) >= 11 is 0. The van der Waals surface area contributed by atoms with Gasteiger partial charge in [-0.15, -0.1) is 0 Å². The molecule has 0 radical (unpaired) electrons. The summed E-state index contributed by atoms with van der Waals surface area (Å²) in [5.41, 5.74) is 7.91. The Labute approximate surface area is 88.8 Å². The van der Waals surface area contributed by atoms with Crippen LogP contribution in [0.4, 0.5) is 5.82 Å². The minimum Gasteiger partial charge on any atom is -0.384 e. The fourth-order valence-electron chi connectivity index (χ4n) is 1.52. The first-order valence-corrected chi connectivity index (χ1v) is 4.93. The van der Waals surface area contributed by atoms with Crippen molar-refractivity contribution in [2.75, 3.05) is 5.73 Å². The first-order valence-electron chi connectivity index (χ1n) is 4.93. The van der Waals surface area contributed by atoms with Crippen molar-refractivity contribution in [1.29, 1.82) is 0 Å². The molecule has 2 rings (SSSR count). The number of hydrogen-bond acceptors (Lipinski definition) is 3. The van der Waals surface area contributed by atoms with Crippen LogP contribution in [0, 0.1) is 0 Å². The third-order valence-electron chi connectivity index (χ3n) is 2.28. The summed E-state index contributed by atoms with van der Waals surface area (Å²) in [4.78, 5) is 3.96. The zero-order chi connectivity index (χ0) is 10.7. The third-order valence-corrected chi connectivity index (χ3v) is 2.28. The zero-order valence-corrected chi connectivity index (χ0v) is 8.72. The normalized spacial score (nSPS) is 10.5. The maximum atomic E-state index is 5.60. The van der Waals surface area contributed by atoms with E-state index in [1.807, 2.05) is 36.1 Å². The van der Waals surface area contributed by atoms with E-state index in [1.165, 1.54) is 5.56 Å². The molecule has 0 fully saturated rings. The van der Waals surface area contributed by atoms with Gasteiger partial charge >= 0.3 is 0 Å². The van der Waals surface area contributed by atoms with Gasteiger partial charge < -0.3 is 5.73 Å². The van der Waals surface area contributed by atoms with Crippen LogP contribution in [-0.2, 0) is 19.9 Å². The lowest BCUT2D eigenvalue weighted by Crippen LogP contribution is -1.96. The molecule has 0 aliphatic heterocycles. The second-order valence-corrected chi connectivity index (χ2v) is 3.57. The summed E-state index contributed by atoms with van der Waals surface area (Å²) in [7, 11) is 1.92. The molecular formula is C11H14N4. The monoisotopic (exact) mass is 202 g/mol. The Morgan fingerprint density at radius 1 is 1.33 bits per heavy atom. The van der Waals surface area contributed by atoms with E-state index in [9.17, 15) is 0 Å². The zero-order valence-electron chi connectivity index (χ0n) is 8.72. The molecule has 0 atom stereocenters. The molecule has 0 amide bonds. The predicted octanol–water partition coefficient (Wildman–Crippen LogP) is 1.18. The van der Waals surface area contributed by atoms with Crippen LogP contribution in [-0.4, -0.2) is 14.8 Å². The highest BCUT2D eigenvalue weighted by Crippen LogP contribution is 2.07. The largest absolute Gasteiger partial charge is 0.384 e. The van der Waals surface area contributed by atoms with E-state index in [1.54, 1.807) is 6.20 Å². The molecule has 0 aliphatic carbocycles. The number of nitrogens with zero attached hydrogens (tertiary/aromatic N) is 3. The van der Waals surface area contributed by atoms with Crippen molar-refractivity contribution in [3.05, 3.63) is 41.9 Å². The summed E-state index contributed by atoms with van der Waals surface area (Å²) in [6.45, 7) is 0. The molecule has 2 aromatic rings. The van der Waals surface area contributed by atoms with Gasteiger partial charge in [-0.05, 0) is 36.6 Å². The predicted molar refractivity (Wildman–Crippen MR) is 59.3 cm³/mol. The molecular weight excluding hydrogens is 188 g/mol. The van der Waals surface area contributed by atoms with E-state index in [0.29, 0.717) is 5.82 Å². The molecule has 0 aromatic carbocycles. The Balaban J connectivity index is 1.99. The minimum absolute atomic E-state index is 0.577. The van der Waals surface area contributed by atoms with Crippen molar-refractivity contribution in [2.24, 2.45) is 7.05 Å². The highest BCUT2D eigenvalue weighted by atomic mass is 15.2. The van der Waals surface area contributed by atoms with E-state index in [-0.39, 0.29) is 0 Å². The summed E-state index contributed by atoms with van der Waals surface area (Å²) in [5, 5.41) is 4.32. The Kier molecular flexibility index (Phi) is 2.67. The molecule has 0 bridgehead atoms. The van der Waals surface area contributed by atoms with Gasteiger partial charge in [0.25, 0.3) is 0 Å². The molecule has 0 unspecified atom stereocenters. The van der Waals surface area contributed by atoms with Gasteiger partial charge in [-0.3, -0.25) is 4.68 Å². The Hall–Kier alpha value is -1.84. The Morgan fingerprint density at radius 3 is 2.87 bits per heavy atom. The topological polar surface area (TPSA) is 56.7 Å². The standard InChI is InChI=1S/C11H14N4/c1-15-7-5-10(14-15)3-2-9-4-6-13-11(12)8-9/h4-8H,2-3H2,1H3,(H2,12,13). The number of aromatic nitrogens is 3. The number of aryl methyl sites for hydroxylation is 3. The summed E-state index contributed by atoms with van der Waals surface area (Å²) in [6.07, 6.45) is 5.58. The van der Waals surface area contributed by atoms with Crippen molar-refractivity contribution >= 4 is 5.82 Å². The van der Waals surface area contributed by atoms with Gasteiger partial charge in [0.2, 0.25) is 0 Å². The lowest BCUT2D eigenvalue weighted by Gasteiger charge is -1.99. The second kappa shape index (κ2) is 4.13. The SMILES string of the molecule is Cn1ccc(CCc2ccnc(N)c2)n1. The number of anilines is 1. The van der Waals surface area contributed by atoms with Crippen LogP contribution in [0.3, 0.4) is 0 Å². The van der Waals surface area contributed by atoms with Gasteiger partial charge in [0, 0.05) is 19.4 Å². The number of nitrogens with two attached hydrogens (primary N) is 1. The number of pyridine rings is 1. The molecule has 0 spiro atoms. The minimum atomic E-state index is 0.577. The van der Waals surface area contributed by atoms with Crippen molar-refractivity contribution < 1.29 is 0 Å². The molecule has 2 heterocycles. The van der Waals surface area contributed by atoms with Crippen molar-refractivity contribution in [3.8, 4) is 0 Å². The lowest BCUT2D eigenvalue weighted by atomic mass is 10.1. The average molecular weight is 202 g/mol. The van der Waals surface area contributed by atoms with Gasteiger partial charge in [0.1, 0.15) is 5.82 Å². The van der Waals surface area contributed by atoms with E-state index in [0.717, 1.165) is 18.5 Å². The average Bonchev–Trinajstić information content (AvgIpc) is 2.62. The fraction of sp³-hybridized carbons (Fsp3) is 0.273. The molecule has 4 nitrogen and oxygen atoms in total. The molecule has 4 heteroatoms. The van der Waals surface area contributed by atoms with Gasteiger partial charge in [0.05, 0.1) is 5.69 Å². The van der Waals surface area contributed by atoms with Gasteiger partial charge in [0.15, 0.2) is 0 Å². The maximum absolute atomic E-state index is 5.60. The highest BCUT2D eigenvalue weighted by Gasteiger charge is 1.99. The molecule has 2 aromatic heterocycles. The second-order valence-electron chi connectivity index (χ2n) is 3.57. The number of hydrogen-bond donors (Lipinski definition) is 1. The van der Waals surface area contributed by atoms with Gasteiger partial charge in [-0.25, -0.2) is 4.98 Å². The molecule has 15 heavy (non-hydrogen) atoms. The van der Waals surface area contributed by atoms with Crippen LogP contribution in [0.15, 0.2) is 30.6 Å². The van der Waals surface area contributed by atoms with Gasteiger partial charge in [-0.2, -0.15) is 5.10 Å².